The SMILES string of the molecule is C[C@@H]1CN(C(C)(C)CNC(=O)NCCc2ccc3c(c2)OCCO3)C[C@@H](C)O1. The fourth-order valence-electron chi connectivity index (χ4n) is 3.71. The van der Waals surface area contributed by atoms with Crippen LogP contribution in [0.15, 0.2) is 18.2 Å². The van der Waals surface area contributed by atoms with Gasteiger partial charge in [-0.25, -0.2) is 4.79 Å². The number of carbonyl (C=O) groups excluding carboxylic acids is 1. The number of ether oxygens (including phenoxy) is 3. The van der Waals surface area contributed by atoms with Gasteiger partial charge in [-0.1, -0.05) is 6.07 Å². The average Bonchev–Trinajstić information content (AvgIpc) is 2.65. The highest BCUT2D eigenvalue weighted by molar-refractivity contribution is 5.73. The highest BCUT2D eigenvalue weighted by atomic mass is 16.6. The molecule has 0 aliphatic carbocycles. The maximum atomic E-state index is 12.2. The third kappa shape index (κ3) is 5.52. The van der Waals surface area contributed by atoms with Crippen molar-refractivity contribution in [2.45, 2.75) is 51.9 Å². The molecule has 1 fully saturated rings. The third-order valence-corrected chi connectivity index (χ3v) is 5.26. The van der Waals surface area contributed by atoms with E-state index in [9.17, 15) is 4.79 Å². The number of carbonyl (C=O) groups is 1. The van der Waals surface area contributed by atoms with E-state index in [2.05, 4.69) is 43.2 Å². The van der Waals surface area contributed by atoms with Crippen LogP contribution in [0.1, 0.15) is 33.3 Å². The standard InChI is InChI=1S/C21H33N3O4/c1-15-12-24(13-16(2)28-15)21(3,4)14-23-20(25)22-8-7-17-5-6-18-19(11-17)27-10-9-26-18/h5-6,11,15-16H,7-10,12-14H2,1-4H3,(H2,22,23,25)/t15-,16-/m1/s1. The van der Waals surface area contributed by atoms with Gasteiger partial charge in [0.2, 0.25) is 0 Å². The van der Waals surface area contributed by atoms with Gasteiger partial charge in [-0.15, -0.1) is 0 Å². The summed E-state index contributed by atoms with van der Waals surface area (Å²) in [5.74, 6) is 1.57. The van der Waals surface area contributed by atoms with Crippen LogP contribution in [0, 0.1) is 0 Å². The van der Waals surface area contributed by atoms with Gasteiger partial charge in [0, 0.05) is 31.7 Å². The summed E-state index contributed by atoms with van der Waals surface area (Å²) in [5.41, 5.74) is 0.987. The molecule has 2 amide bonds. The van der Waals surface area contributed by atoms with E-state index in [1.54, 1.807) is 0 Å². The molecule has 0 aromatic heterocycles. The molecule has 7 nitrogen and oxygen atoms in total. The number of benzene rings is 1. The van der Waals surface area contributed by atoms with Crippen LogP contribution in [-0.2, 0) is 11.2 Å². The normalized spacial score (nSPS) is 22.6. The van der Waals surface area contributed by atoms with E-state index in [4.69, 9.17) is 14.2 Å². The Bertz CT molecular complexity index is 670. The number of rotatable bonds is 6. The van der Waals surface area contributed by atoms with E-state index in [-0.39, 0.29) is 23.8 Å². The number of morpholine rings is 1. The molecule has 2 aliphatic rings. The van der Waals surface area contributed by atoms with Crippen molar-refractivity contribution in [2.75, 3.05) is 39.4 Å². The molecule has 0 saturated carbocycles. The maximum absolute atomic E-state index is 12.2. The van der Waals surface area contributed by atoms with Crippen molar-refractivity contribution in [3.8, 4) is 11.5 Å². The summed E-state index contributed by atoms with van der Waals surface area (Å²) in [6.45, 7) is 12.6. The highest BCUT2D eigenvalue weighted by Crippen LogP contribution is 2.30. The number of nitrogens with one attached hydrogen (secondary N) is 2. The summed E-state index contributed by atoms with van der Waals surface area (Å²) in [5, 5.41) is 5.95. The zero-order valence-corrected chi connectivity index (χ0v) is 17.4. The van der Waals surface area contributed by atoms with E-state index in [0.29, 0.717) is 26.3 Å². The molecular formula is C21H33N3O4. The summed E-state index contributed by atoms with van der Waals surface area (Å²) in [6.07, 6.45) is 1.16. The van der Waals surface area contributed by atoms with Crippen molar-refractivity contribution in [3.05, 3.63) is 23.8 Å². The smallest absolute Gasteiger partial charge is 0.314 e. The molecule has 156 valence electrons. The minimum absolute atomic E-state index is 0.126. The molecule has 3 rings (SSSR count). The van der Waals surface area contributed by atoms with Crippen LogP contribution in [-0.4, -0.2) is 68.1 Å². The van der Waals surface area contributed by atoms with Crippen molar-refractivity contribution in [1.82, 2.24) is 15.5 Å². The van der Waals surface area contributed by atoms with Crippen molar-refractivity contribution < 1.29 is 19.0 Å². The Morgan fingerprint density at radius 1 is 1.11 bits per heavy atom. The topological polar surface area (TPSA) is 72.1 Å². The average molecular weight is 392 g/mol. The zero-order valence-electron chi connectivity index (χ0n) is 17.4. The van der Waals surface area contributed by atoms with E-state index in [0.717, 1.165) is 36.6 Å². The third-order valence-electron chi connectivity index (χ3n) is 5.26. The first-order valence-electron chi connectivity index (χ1n) is 10.1. The molecule has 7 heteroatoms. The van der Waals surface area contributed by atoms with Gasteiger partial charge < -0.3 is 24.8 Å². The van der Waals surface area contributed by atoms with Crippen LogP contribution in [0.4, 0.5) is 4.79 Å². The van der Waals surface area contributed by atoms with Crippen LogP contribution >= 0.6 is 0 Å². The Hall–Kier alpha value is -1.99. The Labute approximate surface area is 167 Å². The quantitative estimate of drug-likeness (QED) is 0.778. The minimum Gasteiger partial charge on any atom is -0.486 e. The summed E-state index contributed by atoms with van der Waals surface area (Å²) < 4.78 is 16.9. The second kappa shape index (κ2) is 9.01. The second-order valence-corrected chi connectivity index (χ2v) is 8.31. The summed E-state index contributed by atoms with van der Waals surface area (Å²) in [4.78, 5) is 14.6. The Morgan fingerprint density at radius 2 is 1.79 bits per heavy atom. The Kier molecular flexibility index (Phi) is 6.67. The molecule has 2 aliphatic heterocycles. The molecule has 0 spiro atoms. The fourth-order valence-corrected chi connectivity index (χ4v) is 3.71. The minimum atomic E-state index is -0.139. The molecule has 0 bridgehead atoms. The fraction of sp³-hybridized carbons (Fsp3) is 0.667. The lowest BCUT2D eigenvalue weighted by molar-refractivity contribution is -0.0947. The van der Waals surface area contributed by atoms with Crippen molar-refractivity contribution in [1.29, 1.82) is 0 Å². The number of nitrogens with zero attached hydrogens (tertiary/aromatic N) is 1. The van der Waals surface area contributed by atoms with Gasteiger partial charge in [-0.2, -0.15) is 0 Å². The van der Waals surface area contributed by atoms with Crippen LogP contribution < -0.4 is 20.1 Å². The van der Waals surface area contributed by atoms with E-state index in [1.165, 1.54) is 0 Å². The summed E-state index contributed by atoms with van der Waals surface area (Å²) in [7, 11) is 0. The van der Waals surface area contributed by atoms with Gasteiger partial charge >= 0.3 is 6.03 Å². The number of hydrogen-bond acceptors (Lipinski definition) is 5. The van der Waals surface area contributed by atoms with Crippen LogP contribution in [0.25, 0.3) is 0 Å². The van der Waals surface area contributed by atoms with Crippen molar-refractivity contribution in [3.63, 3.8) is 0 Å². The van der Waals surface area contributed by atoms with E-state index < -0.39 is 0 Å². The Balaban J connectivity index is 1.40. The molecule has 2 N–H and O–H groups in total. The van der Waals surface area contributed by atoms with Gasteiger partial charge in [0.05, 0.1) is 12.2 Å². The molecule has 2 atom stereocenters. The zero-order chi connectivity index (χ0) is 20.1. The predicted octanol–water partition coefficient (Wildman–Crippen LogP) is 2.19. The lowest BCUT2D eigenvalue weighted by atomic mass is 10.00. The van der Waals surface area contributed by atoms with Crippen molar-refractivity contribution >= 4 is 6.03 Å². The van der Waals surface area contributed by atoms with Gasteiger partial charge in [0.15, 0.2) is 11.5 Å². The van der Waals surface area contributed by atoms with Crippen LogP contribution in [0.3, 0.4) is 0 Å². The van der Waals surface area contributed by atoms with E-state index >= 15 is 0 Å². The largest absolute Gasteiger partial charge is 0.486 e. The molecule has 1 aromatic carbocycles. The second-order valence-electron chi connectivity index (χ2n) is 8.31. The number of amides is 2. The number of fused-ring (bicyclic) bond motifs is 1. The number of urea groups is 1. The molecular weight excluding hydrogens is 358 g/mol. The lowest BCUT2D eigenvalue weighted by Crippen LogP contribution is -2.59. The molecule has 28 heavy (non-hydrogen) atoms. The maximum Gasteiger partial charge on any atom is 0.314 e. The van der Waals surface area contributed by atoms with E-state index in [1.807, 2.05) is 18.2 Å². The van der Waals surface area contributed by atoms with Gasteiger partial charge in [0.1, 0.15) is 13.2 Å². The van der Waals surface area contributed by atoms with Crippen molar-refractivity contribution in [2.24, 2.45) is 0 Å². The predicted molar refractivity (Wildman–Crippen MR) is 108 cm³/mol. The first-order chi connectivity index (χ1) is 13.3. The monoisotopic (exact) mass is 391 g/mol. The molecule has 1 saturated heterocycles. The van der Waals surface area contributed by atoms with Gasteiger partial charge in [-0.05, 0) is 51.8 Å². The van der Waals surface area contributed by atoms with Gasteiger partial charge in [0.25, 0.3) is 0 Å². The summed E-state index contributed by atoms with van der Waals surface area (Å²) in [6, 6.07) is 5.78. The summed E-state index contributed by atoms with van der Waals surface area (Å²) >= 11 is 0. The lowest BCUT2D eigenvalue weighted by Gasteiger charge is -2.45. The molecule has 0 radical (unpaired) electrons. The van der Waals surface area contributed by atoms with Crippen LogP contribution in [0.2, 0.25) is 0 Å². The Morgan fingerprint density at radius 3 is 2.50 bits per heavy atom. The molecule has 0 unspecified atom stereocenters. The molecule has 1 aromatic rings. The number of hydrogen-bond donors (Lipinski definition) is 2. The van der Waals surface area contributed by atoms with Crippen LogP contribution in [0.5, 0.6) is 11.5 Å². The molecule has 2 heterocycles. The highest BCUT2D eigenvalue weighted by Gasteiger charge is 2.33. The van der Waals surface area contributed by atoms with Gasteiger partial charge in [-0.3, -0.25) is 4.90 Å². The first kappa shape index (κ1) is 20.7. The first-order valence-corrected chi connectivity index (χ1v) is 10.1.